The molecule has 0 aliphatic carbocycles. The molecule has 3 heterocycles. The summed E-state index contributed by atoms with van der Waals surface area (Å²) < 4.78 is 14.1. The summed E-state index contributed by atoms with van der Waals surface area (Å²) in [4.78, 5) is 16.1. The summed E-state index contributed by atoms with van der Waals surface area (Å²) >= 11 is 6.54. The third kappa shape index (κ3) is 4.54. The molecule has 5 rings (SSSR count). The van der Waals surface area contributed by atoms with Crippen molar-refractivity contribution in [3.8, 4) is 23.1 Å². The molecule has 1 aliphatic rings. The minimum absolute atomic E-state index is 0.191. The van der Waals surface area contributed by atoms with Crippen LogP contribution in [0, 0.1) is 6.92 Å². The van der Waals surface area contributed by atoms with E-state index in [0.29, 0.717) is 35.2 Å². The number of rotatable bonds is 6. The molecule has 0 atom stereocenters. The summed E-state index contributed by atoms with van der Waals surface area (Å²) in [5.41, 5.74) is 5.76. The highest BCUT2D eigenvalue weighted by Gasteiger charge is 2.21. The summed E-state index contributed by atoms with van der Waals surface area (Å²) in [6, 6.07) is 14.3. The monoisotopic (exact) mass is 503 g/mol. The van der Waals surface area contributed by atoms with Crippen molar-refractivity contribution in [3.05, 3.63) is 93.4 Å². The Kier molecular flexibility index (Phi) is 6.41. The van der Waals surface area contributed by atoms with Gasteiger partial charge in [0.25, 0.3) is 0 Å². The first-order valence-electron chi connectivity index (χ1n) is 11.8. The molecular formula is C28H26ClN3O4. The van der Waals surface area contributed by atoms with Crippen molar-refractivity contribution in [1.82, 2.24) is 14.8 Å². The van der Waals surface area contributed by atoms with Gasteiger partial charge in [-0.15, -0.1) is 0 Å². The van der Waals surface area contributed by atoms with Gasteiger partial charge in [0.15, 0.2) is 0 Å². The molecule has 2 aromatic heterocycles. The van der Waals surface area contributed by atoms with E-state index in [1.54, 1.807) is 24.3 Å². The molecule has 7 nitrogen and oxygen atoms in total. The molecule has 1 aliphatic heterocycles. The third-order valence-corrected chi connectivity index (χ3v) is 6.66. The molecule has 4 aromatic rings. The number of para-hydroxylation sites is 1. The number of aromatic nitrogens is 3. The lowest BCUT2D eigenvalue weighted by molar-refractivity contribution is 0.0696. The number of benzene rings is 2. The molecule has 36 heavy (non-hydrogen) atoms. The Morgan fingerprint density at radius 1 is 1.17 bits per heavy atom. The van der Waals surface area contributed by atoms with E-state index in [1.807, 2.05) is 42.1 Å². The summed E-state index contributed by atoms with van der Waals surface area (Å²) in [5, 5.41) is 14.6. The van der Waals surface area contributed by atoms with Gasteiger partial charge >= 0.3 is 5.97 Å². The highest BCUT2D eigenvalue weighted by atomic mass is 35.5. The van der Waals surface area contributed by atoms with Gasteiger partial charge in [-0.1, -0.05) is 43.6 Å². The lowest BCUT2D eigenvalue weighted by Crippen LogP contribution is -2.10. The van der Waals surface area contributed by atoms with Crippen molar-refractivity contribution in [1.29, 1.82) is 0 Å². The first-order chi connectivity index (χ1) is 17.3. The number of pyridine rings is 1. The zero-order chi connectivity index (χ0) is 25.4. The molecule has 0 fully saturated rings. The van der Waals surface area contributed by atoms with E-state index in [9.17, 15) is 9.90 Å². The van der Waals surface area contributed by atoms with Crippen LogP contribution in [0.4, 0.5) is 0 Å². The molecule has 0 spiro atoms. The topological polar surface area (TPSA) is 86.5 Å². The van der Waals surface area contributed by atoms with Gasteiger partial charge in [-0.25, -0.2) is 14.5 Å². The number of fused-ring (bicyclic) bond motifs is 2. The molecule has 0 unspecified atom stereocenters. The number of hydrogen-bond donors (Lipinski definition) is 1. The van der Waals surface area contributed by atoms with Crippen molar-refractivity contribution in [2.45, 2.75) is 46.1 Å². The Labute approximate surface area is 214 Å². The van der Waals surface area contributed by atoms with E-state index in [4.69, 9.17) is 26.1 Å². The lowest BCUT2D eigenvalue weighted by atomic mass is 10.0. The lowest BCUT2D eigenvalue weighted by Gasteiger charge is -2.16. The van der Waals surface area contributed by atoms with E-state index in [-0.39, 0.29) is 18.1 Å². The van der Waals surface area contributed by atoms with Crippen LogP contribution >= 0.6 is 11.6 Å². The summed E-state index contributed by atoms with van der Waals surface area (Å²) in [5.74, 6) is 0.892. The average molecular weight is 504 g/mol. The zero-order valence-electron chi connectivity index (χ0n) is 20.3. The molecule has 0 radical (unpaired) electrons. The average Bonchev–Trinajstić information content (AvgIpc) is 3.17. The van der Waals surface area contributed by atoms with Crippen molar-refractivity contribution in [3.63, 3.8) is 0 Å². The van der Waals surface area contributed by atoms with Crippen molar-refractivity contribution in [2.75, 3.05) is 0 Å². The molecule has 0 saturated carbocycles. The predicted molar refractivity (Wildman–Crippen MR) is 137 cm³/mol. The number of ether oxygens (including phenoxy) is 2. The van der Waals surface area contributed by atoms with Crippen LogP contribution < -0.4 is 9.47 Å². The smallest absolute Gasteiger partial charge is 0.335 e. The van der Waals surface area contributed by atoms with Crippen LogP contribution in [0.15, 0.2) is 54.7 Å². The van der Waals surface area contributed by atoms with E-state index in [2.05, 4.69) is 18.9 Å². The second-order valence-electron chi connectivity index (χ2n) is 9.13. The summed E-state index contributed by atoms with van der Waals surface area (Å²) in [7, 11) is 0. The van der Waals surface area contributed by atoms with Gasteiger partial charge in [-0.05, 0) is 66.6 Å². The van der Waals surface area contributed by atoms with Crippen LogP contribution in [-0.4, -0.2) is 25.8 Å². The zero-order valence-corrected chi connectivity index (χ0v) is 21.0. The second-order valence-corrected chi connectivity index (χ2v) is 9.54. The molecule has 0 bridgehead atoms. The first-order valence-corrected chi connectivity index (χ1v) is 12.2. The summed E-state index contributed by atoms with van der Waals surface area (Å²) in [6.07, 6.45) is 3.21. The molecule has 0 amide bonds. The number of hydrogen-bond acceptors (Lipinski definition) is 5. The van der Waals surface area contributed by atoms with E-state index < -0.39 is 5.97 Å². The Morgan fingerprint density at radius 3 is 2.75 bits per heavy atom. The van der Waals surface area contributed by atoms with Crippen LogP contribution in [0.3, 0.4) is 0 Å². The first kappa shape index (κ1) is 23.9. The standard InChI is InChI=1S/C28H26ClN3O4/c1-16(2)20-14-30-32(27-17(3)5-4-6-21(27)29)23(20)15-35-26-12-11-24-22(31-26)10-9-18-7-8-19(28(33)34)13-25(18)36-24/h4-8,11-14,16H,9-10,15H2,1-3H3,(H,33,34). The molecule has 2 aromatic carbocycles. The summed E-state index contributed by atoms with van der Waals surface area (Å²) in [6.45, 7) is 6.52. The quantitative estimate of drug-likeness (QED) is 0.322. The molecule has 8 heteroatoms. The number of carbonyl (C=O) groups is 1. The fourth-order valence-electron chi connectivity index (χ4n) is 4.42. The maximum Gasteiger partial charge on any atom is 0.335 e. The molecular weight excluding hydrogens is 478 g/mol. The number of aromatic carboxylic acids is 1. The number of carboxylic acids is 1. The van der Waals surface area contributed by atoms with Gasteiger partial charge in [-0.3, -0.25) is 0 Å². The van der Waals surface area contributed by atoms with E-state index >= 15 is 0 Å². The van der Waals surface area contributed by atoms with Gasteiger partial charge in [0.05, 0.1) is 33.9 Å². The highest BCUT2D eigenvalue weighted by molar-refractivity contribution is 6.32. The highest BCUT2D eigenvalue weighted by Crippen LogP contribution is 2.35. The van der Waals surface area contributed by atoms with Crippen LogP contribution in [0.5, 0.6) is 17.4 Å². The van der Waals surface area contributed by atoms with Gasteiger partial charge in [0.1, 0.15) is 18.1 Å². The van der Waals surface area contributed by atoms with E-state index in [0.717, 1.165) is 33.8 Å². The largest absolute Gasteiger partial charge is 0.478 e. The Hall–Kier alpha value is -3.84. The van der Waals surface area contributed by atoms with Gasteiger partial charge in [0, 0.05) is 6.07 Å². The molecule has 184 valence electrons. The van der Waals surface area contributed by atoms with Crippen molar-refractivity contribution in [2.24, 2.45) is 0 Å². The van der Waals surface area contributed by atoms with Crippen LogP contribution in [-0.2, 0) is 19.4 Å². The number of aryl methyl sites for hydroxylation is 3. The minimum Gasteiger partial charge on any atom is -0.478 e. The van der Waals surface area contributed by atoms with Gasteiger partial charge < -0.3 is 14.6 Å². The van der Waals surface area contributed by atoms with Crippen LogP contribution in [0.1, 0.15) is 58.2 Å². The fourth-order valence-corrected chi connectivity index (χ4v) is 4.72. The van der Waals surface area contributed by atoms with Gasteiger partial charge in [-0.2, -0.15) is 5.10 Å². The minimum atomic E-state index is -0.986. The SMILES string of the molecule is Cc1cccc(Cl)c1-n1ncc(C(C)C)c1COc1ccc2c(n1)CCc1ccc(C(=O)O)cc1O2. The molecule has 0 saturated heterocycles. The van der Waals surface area contributed by atoms with Gasteiger partial charge in [0.2, 0.25) is 5.88 Å². The van der Waals surface area contributed by atoms with Crippen molar-refractivity contribution < 1.29 is 19.4 Å². The van der Waals surface area contributed by atoms with Crippen LogP contribution in [0.25, 0.3) is 5.69 Å². The third-order valence-electron chi connectivity index (χ3n) is 6.35. The van der Waals surface area contributed by atoms with E-state index in [1.165, 1.54) is 0 Å². The maximum absolute atomic E-state index is 11.4. The van der Waals surface area contributed by atoms with Crippen LogP contribution in [0.2, 0.25) is 5.02 Å². The fraction of sp³-hybridized carbons (Fsp3) is 0.250. The Balaban J connectivity index is 1.41. The second kappa shape index (κ2) is 9.66. The normalized spacial score (nSPS) is 12.5. The number of carboxylic acid groups (broad SMARTS) is 1. The van der Waals surface area contributed by atoms with Crippen molar-refractivity contribution >= 4 is 17.6 Å². The maximum atomic E-state index is 11.4. The predicted octanol–water partition coefficient (Wildman–Crippen LogP) is 6.52. The number of nitrogens with zero attached hydrogens (tertiary/aromatic N) is 3. The number of halogens is 1. The Morgan fingerprint density at radius 2 is 2.00 bits per heavy atom. The molecule has 1 N–H and O–H groups in total. The Bertz CT molecular complexity index is 1440.